The Hall–Kier alpha value is -0.610. The molecule has 1 unspecified atom stereocenters. The summed E-state index contributed by atoms with van der Waals surface area (Å²) in [5.74, 6) is -19.6. The van der Waals surface area contributed by atoms with Crippen LogP contribution in [0.2, 0.25) is 0 Å². The Kier molecular flexibility index (Phi) is 6.89. The van der Waals surface area contributed by atoms with Crippen LogP contribution in [0.3, 0.4) is 0 Å². The average Bonchev–Trinajstić information content (AvgIpc) is 2.37. The van der Waals surface area contributed by atoms with Gasteiger partial charge in [0.1, 0.15) is 0 Å². The maximum absolute atomic E-state index is 13.1. The number of carbonyl (C=O) groups is 1. The molecule has 0 N–H and O–H groups in total. The normalized spacial score (nSPS) is 15.4. The zero-order valence-corrected chi connectivity index (χ0v) is 11.3. The molecule has 0 aromatic heterocycles. The summed E-state index contributed by atoms with van der Waals surface area (Å²) in [6.07, 6.45) is -10.3. The lowest BCUT2D eigenvalue weighted by Crippen LogP contribution is -2.61. The molecule has 0 aromatic rings. The Labute approximate surface area is 118 Å². The highest BCUT2D eigenvalue weighted by atomic mass is 32.2. The van der Waals surface area contributed by atoms with E-state index < -0.39 is 47.7 Å². The Morgan fingerprint density at radius 1 is 1.00 bits per heavy atom. The third-order valence-corrected chi connectivity index (χ3v) is 3.48. The zero-order chi connectivity index (χ0) is 17.1. The number of hydrogen-bond acceptors (Lipinski definition) is 2. The molecular weight excluding hydrogens is 339 g/mol. The first-order valence-electron chi connectivity index (χ1n) is 5.53. The second-order valence-corrected chi connectivity index (χ2v) is 5.10. The van der Waals surface area contributed by atoms with Crippen molar-refractivity contribution in [3.63, 3.8) is 0 Å². The van der Waals surface area contributed by atoms with Crippen molar-refractivity contribution in [2.75, 3.05) is 5.75 Å². The Morgan fingerprint density at radius 2 is 1.48 bits per heavy atom. The summed E-state index contributed by atoms with van der Waals surface area (Å²) in [6.45, 7) is 1.40. The van der Waals surface area contributed by atoms with Gasteiger partial charge in [0.05, 0.1) is 0 Å². The minimum absolute atomic E-state index is 0.0301. The van der Waals surface area contributed by atoms with Crippen molar-refractivity contribution in [2.24, 2.45) is 0 Å². The monoisotopic (exact) mass is 350 g/mol. The van der Waals surface area contributed by atoms with Gasteiger partial charge in [0.2, 0.25) is 0 Å². The van der Waals surface area contributed by atoms with E-state index in [-0.39, 0.29) is 6.42 Å². The van der Waals surface area contributed by atoms with E-state index in [2.05, 4.69) is 0 Å². The molecule has 0 aliphatic carbocycles. The Bertz CT molecular complexity index is 358. The molecule has 0 aliphatic heterocycles. The predicted molar refractivity (Wildman–Crippen MR) is 58.1 cm³/mol. The number of halogens is 9. The van der Waals surface area contributed by atoms with Crippen LogP contribution in [0, 0.1) is 0 Å². The van der Waals surface area contributed by atoms with Gasteiger partial charge in [0, 0.05) is 12.2 Å². The second-order valence-electron chi connectivity index (χ2n) is 3.95. The minimum atomic E-state index is -6.56. The lowest BCUT2D eigenvalue weighted by molar-refractivity contribution is -0.350. The van der Waals surface area contributed by atoms with Crippen LogP contribution in [0.5, 0.6) is 0 Å². The van der Waals surface area contributed by atoms with E-state index in [0.717, 1.165) is 0 Å². The average molecular weight is 350 g/mol. The largest absolute Gasteiger partial charge is 0.380 e. The SMILES string of the molecule is CCC(=O)SCCC(F)C(F)(F)C(F)(F)C(F)(F)C(F)F. The van der Waals surface area contributed by atoms with Gasteiger partial charge in [-0.2, -0.15) is 26.3 Å². The molecule has 0 fully saturated rings. The van der Waals surface area contributed by atoms with E-state index in [1.165, 1.54) is 6.92 Å². The number of thioether (sulfide) groups is 1. The third kappa shape index (κ3) is 4.19. The topological polar surface area (TPSA) is 17.1 Å². The highest BCUT2D eigenvalue weighted by Crippen LogP contribution is 2.51. The van der Waals surface area contributed by atoms with Crippen molar-refractivity contribution in [2.45, 2.75) is 50.1 Å². The van der Waals surface area contributed by atoms with Crippen LogP contribution < -0.4 is 0 Å². The molecule has 0 amide bonds. The number of alkyl halides is 9. The van der Waals surface area contributed by atoms with Gasteiger partial charge >= 0.3 is 24.2 Å². The quantitative estimate of drug-likeness (QED) is 0.597. The fraction of sp³-hybridized carbons (Fsp3) is 0.900. The summed E-state index contributed by atoms with van der Waals surface area (Å²) in [6, 6.07) is 0. The van der Waals surface area contributed by atoms with Crippen LogP contribution >= 0.6 is 11.8 Å². The maximum Gasteiger partial charge on any atom is 0.380 e. The molecule has 0 spiro atoms. The van der Waals surface area contributed by atoms with Crippen molar-refractivity contribution >= 4 is 16.9 Å². The molecule has 0 rings (SSSR count). The fourth-order valence-corrected chi connectivity index (χ4v) is 1.87. The van der Waals surface area contributed by atoms with Crippen LogP contribution in [0.1, 0.15) is 19.8 Å². The molecule has 21 heavy (non-hydrogen) atoms. The summed E-state index contributed by atoms with van der Waals surface area (Å²) in [4.78, 5) is 10.8. The highest BCUT2D eigenvalue weighted by Gasteiger charge is 2.77. The minimum Gasteiger partial charge on any atom is -0.287 e. The molecule has 0 saturated carbocycles. The van der Waals surface area contributed by atoms with Gasteiger partial charge in [-0.3, -0.25) is 4.79 Å². The van der Waals surface area contributed by atoms with E-state index in [9.17, 15) is 44.3 Å². The fourth-order valence-electron chi connectivity index (χ4n) is 1.12. The van der Waals surface area contributed by atoms with Crippen molar-refractivity contribution in [1.29, 1.82) is 0 Å². The Morgan fingerprint density at radius 3 is 1.86 bits per heavy atom. The summed E-state index contributed by atoms with van der Waals surface area (Å²) in [5, 5.41) is -0.546. The van der Waals surface area contributed by atoms with Crippen LogP contribution in [0.25, 0.3) is 0 Å². The second kappa shape index (κ2) is 7.10. The van der Waals surface area contributed by atoms with E-state index in [4.69, 9.17) is 0 Å². The predicted octanol–water partition coefficient (Wildman–Crippen LogP) is 4.56. The Balaban J connectivity index is 4.96. The molecular formula is C10H11F9OS. The first-order chi connectivity index (χ1) is 9.32. The summed E-state index contributed by atoms with van der Waals surface area (Å²) < 4.78 is 113. The zero-order valence-electron chi connectivity index (χ0n) is 10.5. The molecule has 0 bridgehead atoms. The van der Waals surface area contributed by atoms with Crippen LogP contribution in [0.4, 0.5) is 39.5 Å². The molecule has 126 valence electrons. The van der Waals surface area contributed by atoms with Crippen molar-refractivity contribution in [1.82, 2.24) is 0 Å². The lowest BCUT2D eigenvalue weighted by Gasteiger charge is -2.33. The van der Waals surface area contributed by atoms with Crippen molar-refractivity contribution in [3.8, 4) is 0 Å². The van der Waals surface area contributed by atoms with E-state index in [1.807, 2.05) is 0 Å². The molecule has 0 radical (unpaired) electrons. The van der Waals surface area contributed by atoms with Gasteiger partial charge in [-0.05, 0) is 6.42 Å². The smallest absolute Gasteiger partial charge is 0.287 e. The number of hydrogen-bond donors (Lipinski definition) is 0. The van der Waals surface area contributed by atoms with E-state index in [0.29, 0.717) is 11.8 Å². The highest BCUT2D eigenvalue weighted by molar-refractivity contribution is 8.13. The molecule has 0 aliphatic rings. The molecule has 0 aromatic carbocycles. The van der Waals surface area contributed by atoms with Gasteiger partial charge < -0.3 is 0 Å². The first kappa shape index (κ1) is 20.4. The van der Waals surface area contributed by atoms with Crippen LogP contribution in [0.15, 0.2) is 0 Å². The van der Waals surface area contributed by atoms with Crippen LogP contribution in [-0.2, 0) is 4.79 Å². The van der Waals surface area contributed by atoms with Gasteiger partial charge in [-0.1, -0.05) is 18.7 Å². The first-order valence-corrected chi connectivity index (χ1v) is 6.52. The molecule has 0 heterocycles. The van der Waals surface area contributed by atoms with E-state index in [1.54, 1.807) is 0 Å². The summed E-state index contributed by atoms with van der Waals surface area (Å²) in [7, 11) is 0. The maximum atomic E-state index is 13.1. The molecule has 11 heteroatoms. The summed E-state index contributed by atoms with van der Waals surface area (Å²) in [5.41, 5.74) is 0. The number of carbonyl (C=O) groups excluding carboxylic acids is 1. The van der Waals surface area contributed by atoms with E-state index >= 15 is 0 Å². The summed E-state index contributed by atoms with van der Waals surface area (Å²) >= 11 is 0.352. The van der Waals surface area contributed by atoms with Gasteiger partial charge in [-0.15, -0.1) is 0 Å². The van der Waals surface area contributed by atoms with Crippen molar-refractivity contribution < 1.29 is 44.3 Å². The van der Waals surface area contributed by atoms with Gasteiger partial charge in [0.15, 0.2) is 11.3 Å². The molecule has 0 saturated heterocycles. The number of rotatable bonds is 8. The molecule has 1 atom stereocenters. The van der Waals surface area contributed by atoms with Crippen LogP contribution in [-0.4, -0.2) is 41.2 Å². The molecule has 1 nitrogen and oxygen atoms in total. The third-order valence-electron chi connectivity index (χ3n) is 2.43. The lowest BCUT2D eigenvalue weighted by atomic mass is 9.99. The van der Waals surface area contributed by atoms with Gasteiger partial charge in [0.25, 0.3) is 0 Å². The standard InChI is InChI=1S/C10H11F9OS/c1-2-6(20)21-4-3-5(11)8(14,15)10(18,19)9(16,17)7(12)13/h5,7H,2-4H2,1H3. The van der Waals surface area contributed by atoms with Gasteiger partial charge in [-0.25, -0.2) is 13.2 Å². The van der Waals surface area contributed by atoms with Crippen molar-refractivity contribution in [3.05, 3.63) is 0 Å².